The van der Waals surface area contributed by atoms with Crippen LogP contribution in [0, 0.1) is 16.7 Å². The molecule has 9 heteroatoms. The molecule has 0 aliphatic carbocycles. The van der Waals surface area contributed by atoms with Crippen molar-refractivity contribution < 1.29 is 9.11 Å². The van der Waals surface area contributed by atoms with Crippen molar-refractivity contribution in [3.63, 3.8) is 0 Å². The molecule has 2 aromatic heterocycles. The number of aryl methyl sites for hydroxylation is 1. The molecule has 0 radical (unpaired) electrons. The van der Waals surface area contributed by atoms with Crippen molar-refractivity contribution in [2.75, 3.05) is 12.3 Å². The van der Waals surface area contributed by atoms with E-state index in [0.717, 1.165) is 16.6 Å². The highest BCUT2D eigenvalue weighted by molar-refractivity contribution is 8.24. The maximum absolute atomic E-state index is 13.0. The molecule has 0 amide bonds. The van der Waals surface area contributed by atoms with Gasteiger partial charge < -0.3 is 0 Å². The van der Waals surface area contributed by atoms with Crippen molar-refractivity contribution in [3.05, 3.63) is 81.8 Å². The monoisotopic (exact) mass is 531 g/mol. The van der Waals surface area contributed by atoms with Crippen LogP contribution in [-0.2, 0) is 26.7 Å². The third-order valence-electron chi connectivity index (χ3n) is 6.91. The normalized spacial score (nSPS) is 16.6. The van der Waals surface area contributed by atoms with Crippen molar-refractivity contribution in [1.82, 2.24) is 19.0 Å². The van der Waals surface area contributed by atoms with E-state index in [1.807, 2.05) is 42.5 Å². The smallest absolute Gasteiger partial charge is 0.295 e. The minimum Gasteiger partial charge on any atom is -0.295 e. The van der Waals surface area contributed by atoms with Gasteiger partial charge in [0.2, 0.25) is 0 Å². The zero-order valence-electron chi connectivity index (χ0n) is 22.2. The number of benzene rings is 2. The summed E-state index contributed by atoms with van der Waals surface area (Å²) in [5, 5.41) is 9.84. The third kappa shape index (κ3) is 5.00. The third-order valence-corrected chi connectivity index (χ3v) is 8.77. The lowest BCUT2D eigenvalue weighted by Crippen LogP contribution is -2.27. The fraction of sp³-hybridized carbons (Fsp3) is 0.345. The van der Waals surface area contributed by atoms with Gasteiger partial charge in [0, 0.05) is 38.8 Å². The Morgan fingerprint density at radius 2 is 1.87 bits per heavy atom. The second-order valence-corrected chi connectivity index (χ2v) is 13.4. The van der Waals surface area contributed by atoms with Crippen LogP contribution in [0.25, 0.3) is 22.4 Å². The summed E-state index contributed by atoms with van der Waals surface area (Å²) in [5.41, 5.74) is 4.95. The Hall–Kier alpha value is -3.42. The summed E-state index contributed by atoms with van der Waals surface area (Å²) in [6, 6.07) is 19.3. The molecular formula is C29H33N5O3S. The lowest BCUT2D eigenvalue weighted by Gasteiger charge is -2.32. The summed E-state index contributed by atoms with van der Waals surface area (Å²) in [5.74, 6) is 0.283. The van der Waals surface area contributed by atoms with Crippen molar-refractivity contribution in [2.45, 2.75) is 45.3 Å². The maximum Gasteiger partial charge on any atom is 0.330 e. The first-order valence-corrected chi connectivity index (χ1v) is 14.3. The van der Waals surface area contributed by atoms with E-state index >= 15 is 0 Å². The first-order valence-electron chi connectivity index (χ1n) is 12.6. The number of imidazole rings is 1. The lowest BCUT2D eigenvalue weighted by molar-refractivity contribution is 0.273. The van der Waals surface area contributed by atoms with Crippen LogP contribution in [0.1, 0.15) is 37.5 Å². The molecular weight excluding hydrogens is 498 g/mol. The van der Waals surface area contributed by atoms with Gasteiger partial charge in [0.1, 0.15) is 0 Å². The molecule has 0 spiro atoms. The van der Waals surface area contributed by atoms with Gasteiger partial charge in [-0.25, -0.2) is 9.78 Å². The molecule has 3 heterocycles. The summed E-state index contributed by atoms with van der Waals surface area (Å²) in [6.45, 7) is 8.59. The van der Waals surface area contributed by atoms with Gasteiger partial charge in [-0.2, -0.15) is 15.9 Å². The first kappa shape index (κ1) is 26.2. The van der Waals surface area contributed by atoms with E-state index in [0.29, 0.717) is 53.5 Å². The van der Waals surface area contributed by atoms with Crippen LogP contribution in [0.15, 0.2) is 64.3 Å². The Kier molecular flexibility index (Phi) is 6.70. The topological polar surface area (TPSA) is 107 Å². The van der Waals surface area contributed by atoms with E-state index in [9.17, 15) is 19.2 Å². The molecule has 198 valence electrons. The number of aromatic nitrogens is 3. The molecule has 0 saturated carbocycles. The van der Waals surface area contributed by atoms with E-state index in [1.165, 1.54) is 0 Å². The summed E-state index contributed by atoms with van der Waals surface area (Å²) < 4.78 is 24.7. The minimum absolute atomic E-state index is 0.0693. The number of fused-ring (bicyclic) bond motifs is 2. The van der Waals surface area contributed by atoms with E-state index in [4.69, 9.17) is 4.98 Å². The number of nitriles is 1. The SMILES string of the molecule is Cn1c(=O)n(CC(C)(C)C)c2ccc(-c3cc(CN4CCS(O)(O)c5ccccc5C4)ccc3C#N)nc21. The number of hydrogen-bond acceptors (Lipinski definition) is 6. The molecule has 2 aromatic carbocycles. The summed E-state index contributed by atoms with van der Waals surface area (Å²) >= 11 is 0. The van der Waals surface area contributed by atoms with Gasteiger partial charge in [0.15, 0.2) is 5.65 Å². The molecule has 0 saturated heterocycles. The molecule has 8 nitrogen and oxygen atoms in total. The molecule has 4 aromatic rings. The van der Waals surface area contributed by atoms with Gasteiger partial charge in [-0.1, -0.05) is 45.0 Å². The molecule has 0 atom stereocenters. The van der Waals surface area contributed by atoms with Crippen molar-refractivity contribution in [1.29, 1.82) is 5.26 Å². The van der Waals surface area contributed by atoms with Gasteiger partial charge in [-0.15, -0.1) is 0 Å². The van der Waals surface area contributed by atoms with Crippen molar-refractivity contribution >= 4 is 21.8 Å². The average molecular weight is 532 g/mol. The van der Waals surface area contributed by atoms with Crippen molar-refractivity contribution in [2.24, 2.45) is 12.5 Å². The van der Waals surface area contributed by atoms with Crippen LogP contribution < -0.4 is 5.69 Å². The highest BCUT2D eigenvalue weighted by Crippen LogP contribution is 2.51. The second kappa shape index (κ2) is 9.71. The van der Waals surface area contributed by atoms with Crippen LogP contribution in [0.4, 0.5) is 0 Å². The molecule has 2 N–H and O–H groups in total. The van der Waals surface area contributed by atoms with E-state index in [1.54, 1.807) is 28.3 Å². The lowest BCUT2D eigenvalue weighted by atomic mass is 9.97. The Morgan fingerprint density at radius 1 is 1.11 bits per heavy atom. The Balaban J connectivity index is 1.50. The largest absolute Gasteiger partial charge is 0.330 e. The Labute approximate surface area is 224 Å². The van der Waals surface area contributed by atoms with Gasteiger partial charge in [0.25, 0.3) is 0 Å². The highest BCUT2D eigenvalue weighted by Gasteiger charge is 2.26. The summed E-state index contributed by atoms with van der Waals surface area (Å²) in [4.78, 5) is 20.6. The van der Waals surface area contributed by atoms with Crippen LogP contribution in [0.5, 0.6) is 0 Å². The van der Waals surface area contributed by atoms with Crippen LogP contribution in [0.3, 0.4) is 0 Å². The predicted molar refractivity (Wildman–Crippen MR) is 151 cm³/mol. The second-order valence-electron chi connectivity index (χ2n) is 11.2. The zero-order valence-corrected chi connectivity index (χ0v) is 23.0. The highest BCUT2D eigenvalue weighted by atomic mass is 32.3. The maximum atomic E-state index is 13.0. The molecule has 5 rings (SSSR count). The van der Waals surface area contributed by atoms with Gasteiger partial charge in [-0.05, 0) is 46.9 Å². The first-order chi connectivity index (χ1) is 18.0. The van der Waals surface area contributed by atoms with E-state index in [2.05, 4.69) is 31.7 Å². The van der Waals surface area contributed by atoms with E-state index in [-0.39, 0.29) is 16.9 Å². The fourth-order valence-corrected chi connectivity index (χ4v) is 6.66. The standard InChI is InChI=1S/C29H33N5O3S/c1-29(2,3)19-34-25-12-11-24(31-27(25)32(4)28(34)35)23-15-20(9-10-21(23)16-30)17-33-13-14-38(36,37)26-8-6-5-7-22(26)18-33/h5-12,15,36-37H,13-14,17-19H2,1-4H3. The fourth-order valence-electron chi connectivity index (χ4n) is 5.08. The Morgan fingerprint density at radius 3 is 2.61 bits per heavy atom. The van der Waals surface area contributed by atoms with Gasteiger partial charge >= 0.3 is 5.69 Å². The average Bonchev–Trinajstić information content (AvgIpc) is 3.01. The van der Waals surface area contributed by atoms with Crippen LogP contribution in [-0.4, -0.2) is 40.4 Å². The van der Waals surface area contributed by atoms with Crippen molar-refractivity contribution in [3.8, 4) is 17.3 Å². The molecule has 38 heavy (non-hydrogen) atoms. The molecule has 0 unspecified atom stereocenters. The number of rotatable bonds is 4. The summed E-state index contributed by atoms with van der Waals surface area (Å²) in [6.07, 6.45) is 0. The summed E-state index contributed by atoms with van der Waals surface area (Å²) in [7, 11) is -1.10. The molecule has 0 fully saturated rings. The number of hydrogen-bond donors (Lipinski definition) is 2. The molecule has 1 aliphatic heterocycles. The van der Waals surface area contributed by atoms with Crippen LogP contribution in [0.2, 0.25) is 0 Å². The number of pyridine rings is 1. The van der Waals surface area contributed by atoms with E-state index < -0.39 is 10.6 Å². The molecule has 0 bridgehead atoms. The predicted octanol–water partition coefficient (Wildman–Crippen LogP) is 5.45. The van der Waals surface area contributed by atoms with Gasteiger partial charge in [0.05, 0.1) is 33.5 Å². The zero-order chi connectivity index (χ0) is 27.2. The quantitative estimate of drug-likeness (QED) is 0.363. The minimum atomic E-state index is -2.83. The van der Waals surface area contributed by atoms with Crippen LogP contribution >= 0.6 is 10.6 Å². The Bertz CT molecular complexity index is 1620. The number of nitrogens with zero attached hydrogens (tertiary/aromatic N) is 5. The molecule has 1 aliphatic rings. The van der Waals surface area contributed by atoms with Gasteiger partial charge in [-0.3, -0.25) is 23.1 Å².